The second kappa shape index (κ2) is 10.9. The Labute approximate surface area is 238 Å². The van der Waals surface area contributed by atoms with Crippen LogP contribution in [0.1, 0.15) is 16.3 Å². The molecule has 8 nitrogen and oxygen atoms in total. The minimum absolute atomic E-state index is 0.0533. The van der Waals surface area contributed by atoms with Crippen molar-refractivity contribution in [3.8, 4) is 33.6 Å². The summed E-state index contributed by atoms with van der Waals surface area (Å²) in [7, 11) is 0. The Morgan fingerprint density at radius 2 is 1.50 bits per heavy atom. The highest BCUT2D eigenvalue weighted by molar-refractivity contribution is 7.13. The van der Waals surface area contributed by atoms with Crippen molar-refractivity contribution < 1.29 is 31.8 Å². The number of amides is 1. The molecule has 13 heteroatoms. The van der Waals surface area contributed by atoms with Crippen LogP contribution in [0.5, 0.6) is 23.0 Å². The highest BCUT2D eigenvalue weighted by atomic mass is 32.1. The number of carbonyl (C=O) groups is 1. The predicted molar refractivity (Wildman–Crippen MR) is 146 cm³/mol. The number of alkyl halides is 3. The Morgan fingerprint density at radius 1 is 0.810 bits per heavy atom. The smallest absolute Gasteiger partial charge is 0.433 e. The second-order valence-electron chi connectivity index (χ2n) is 8.77. The number of anilines is 1. The topological polar surface area (TPSA) is 90.6 Å². The van der Waals surface area contributed by atoms with Crippen LogP contribution in [0.25, 0.3) is 16.3 Å². The van der Waals surface area contributed by atoms with Gasteiger partial charge in [0.05, 0.1) is 10.6 Å². The number of halogens is 4. The van der Waals surface area contributed by atoms with Crippen molar-refractivity contribution in [2.24, 2.45) is 0 Å². The van der Waals surface area contributed by atoms with Gasteiger partial charge in [-0.05, 0) is 53.9 Å². The standard InChI is InChI=1S/C29H17F4N5O3S/c30-17-8-10-20(11-9-17)41-22-14-18(13-21(15-22)40-19-5-2-1-3-6-19)34-27(39)26-36-28-35-23(24-7-4-12-42-24)16-25(29(31,32)33)38(28)37-26/h1-16H,(H,34,39). The molecule has 0 bridgehead atoms. The molecule has 42 heavy (non-hydrogen) atoms. The number of fused-ring (bicyclic) bond motifs is 1. The molecule has 6 aromatic rings. The fourth-order valence-corrected chi connectivity index (χ4v) is 4.62. The molecule has 1 N–H and O–H groups in total. The highest BCUT2D eigenvalue weighted by Crippen LogP contribution is 2.34. The van der Waals surface area contributed by atoms with Gasteiger partial charge >= 0.3 is 6.18 Å². The summed E-state index contributed by atoms with van der Waals surface area (Å²) < 4.78 is 67.3. The van der Waals surface area contributed by atoms with Crippen molar-refractivity contribution in [2.45, 2.75) is 6.18 Å². The van der Waals surface area contributed by atoms with E-state index >= 15 is 0 Å². The van der Waals surface area contributed by atoms with Gasteiger partial charge in [-0.15, -0.1) is 16.4 Å². The molecule has 3 aromatic carbocycles. The van der Waals surface area contributed by atoms with E-state index in [0.29, 0.717) is 20.9 Å². The number of nitrogens with one attached hydrogen (secondary N) is 1. The monoisotopic (exact) mass is 591 g/mol. The number of hydrogen-bond acceptors (Lipinski definition) is 7. The first-order valence-electron chi connectivity index (χ1n) is 12.2. The third-order valence-corrected chi connectivity index (χ3v) is 6.64. The van der Waals surface area contributed by atoms with E-state index in [9.17, 15) is 22.4 Å². The molecular formula is C29H17F4N5O3S. The van der Waals surface area contributed by atoms with E-state index in [-0.39, 0.29) is 28.7 Å². The number of ether oxygens (including phenoxy) is 2. The molecule has 6 rings (SSSR count). The fourth-order valence-electron chi connectivity index (χ4n) is 3.93. The molecule has 0 fully saturated rings. The number of aromatic nitrogens is 4. The molecule has 210 valence electrons. The van der Waals surface area contributed by atoms with Crippen LogP contribution in [0.2, 0.25) is 0 Å². The Balaban J connectivity index is 1.34. The molecule has 0 aliphatic rings. The quantitative estimate of drug-likeness (QED) is 0.190. The van der Waals surface area contributed by atoms with Gasteiger partial charge in [-0.25, -0.2) is 9.37 Å². The molecule has 0 saturated heterocycles. The molecule has 1 amide bonds. The van der Waals surface area contributed by atoms with Gasteiger partial charge in [0, 0.05) is 23.9 Å². The van der Waals surface area contributed by atoms with E-state index in [2.05, 4.69) is 20.4 Å². The molecule has 0 atom stereocenters. The van der Waals surface area contributed by atoms with Crippen LogP contribution in [0.4, 0.5) is 23.2 Å². The van der Waals surface area contributed by atoms with E-state index in [1.165, 1.54) is 47.7 Å². The lowest BCUT2D eigenvalue weighted by Crippen LogP contribution is -2.16. The molecule has 0 saturated carbocycles. The van der Waals surface area contributed by atoms with Gasteiger partial charge in [0.15, 0.2) is 5.69 Å². The SMILES string of the molecule is O=C(Nc1cc(Oc2ccccc2)cc(Oc2ccc(F)cc2)c1)c1nc2nc(-c3cccs3)cc(C(F)(F)F)n2n1. The van der Waals surface area contributed by atoms with Crippen molar-refractivity contribution in [3.63, 3.8) is 0 Å². The van der Waals surface area contributed by atoms with E-state index in [0.717, 1.165) is 6.07 Å². The fraction of sp³-hybridized carbons (Fsp3) is 0.0345. The zero-order valence-electron chi connectivity index (χ0n) is 21.2. The largest absolute Gasteiger partial charge is 0.457 e. The third-order valence-electron chi connectivity index (χ3n) is 5.75. The van der Waals surface area contributed by atoms with E-state index in [4.69, 9.17) is 9.47 Å². The summed E-state index contributed by atoms with van der Waals surface area (Å²) in [6.45, 7) is 0. The summed E-state index contributed by atoms with van der Waals surface area (Å²) in [6.07, 6.45) is -4.79. The van der Waals surface area contributed by atoms with Gasteiger partial charge in [0.25, 0.3) is 11.7 Å². The lowest BCUT2D eigenvalue weighted by atomic mass is 10.2. The van der Waals surface area contributed by atoms with Crippen LogP contribution in [0, 0.1) is 5.82 Å². The Kier molecular flexibility index (Phi) is 7.00. The summed E-state index contributed by atoms with van der Waals surface area (Å²) in [6, 6.07) is 22.8. The van der Waals surface area contributed by atoms with Gasteiger partial charge < -0.3 is 14.8 Å². The average molecular weight is 592 g/mol. The van der Waals surface area contributed by atoms with Crippen molar-refractivity contribution in [1.29, 1.82) is 0 Å². The molecule has 3 heterocycles. The normalized spacial score (nSPS) is 11.4. The van der Waals surface area contributed by atoms with Gasteiger partial charge in [-0.3, -0.25) is 4.79 Å². The van der Waals surface area contributed by atoms with Crippen LogP contribution in [-0.2, 0) is 6.18 Å². The van der Waals surface area contributed by atoms with Crippen LogP contribution < -0.4 is 14.8 Å². The Morgan fingerprint density at radius 3 is 2.14 bits per heavy atom. The van der Waals surface area contributed by atoms with Gasteiger partial charge in [0.1, 0.15) is 28.8 Å². The summed E-state index contributed by atoms with van der Waals surface area (Å²) in [5.74, 6) is -0.928. The summed E-state index contributed by atoms with van der Waals surface area (Å²) in [5.41, 5.74) is -0.902. The van der Waals surface area contributed by atoms with Crippen molar-refractivity contribution in [3.05, 3.63) is 114 Å². The number of rotatable bonds is 7. The second-order valence-corrected chi connectivity index (χ2v) is 9.71. The maximum atomic E-state index is 13.9. The summed E-state index contributed by atoms with van der Waals surface area (Å²) >= 11 is 1.21. The predicted octanol–water partition coefficient (Wildman–Crippen LogP) is 7.85. The van der Waals surface area contributed by atoms with Crippen molar-refractivity contribution in [2.75, 3.05) is 5.32 Å². The molecule has 0 radical (unpaired) electrons. The highest BCUT2D eigenvalue weighted by Gasteiger charge is 2.36. The van der Waals surface area contributed by atoms with E-state index in [1.807, 2.05) is 6.07 Å². The number of hydrogen-bond donors (Lipinski definition) is 1. The zero-order chi connectivity index (χ0) is 29.3. The minimum Gasteiger partial charge on any atom is -0.457 e. The molecule has 0 aliphatic carbocycles. The first-order chi connectivity index (χ1) is 20.2. The molecule has 0 spiro atoms. The number of thiophene rings is 1. The number of nitrogens with zero attached hydrogens (tertiary/aromatic N) is 4. The van der Waals surface area contributed by atoms with Crippen LogP contribution in [-0.4, -0.2) is 25.5 Å². The summed E-state index contributed by atoms with van der Waals surface area (Å²) in [4.78, 5) is 21.8. The minimum atomic E-state index is -4.79. The molecule has 0 unspecified atom stereocenters. The maximum absolute atomic E-state index is 13.9. The summed E-state index contributed by atoms with van der Waals surface area (Å²) in [5, 5.41) is 8.09. The van der Waals surface area contributed by atoms with E-state index < -0.39 is 29.4 Å². The van der Waals surface area contributed by atoms with Crippen LogP contribution in [0.3, 0.4) is 0 Å². The number of benzene rings is 3. The lowest BCUT2D eigenvalue weighted by molar-refractivity contribution is -0.142. The van der Waals surface area contributed by atoms with Crippen LogP contribution >= 0.6 is 11.3 Å². The van der Waals surface area contributed by atoms with Gasteiger partial charge in [-0.2, -0.15) is 22.7 Å². The number of para-hydroxylation sites is 1. The van der Waals surface area contributed by atoms with Crippen molar-refractivity contribution >= 4 is 28.7 Å². The average Bonchev–Trinajstić information content (AvgIpc) is 3.64. The first kappa shape index (κ1) is 26.9. The number of carbonyl (C=O) groups excluding carboxylic acids is 1. The van der Waals surface area contributed by atoms with E-state index in [1.54, 1.807) is 47.8 Å². The van der Waals surface area contributed by atoms with Crippen LogP contribution in [0.15, 0.2) is 96.4 Å². The lowest BCUT2D eigenvalue weighted by Gasteiger charge is -2.12. The molecule has 3 aromatic heterocycles. The van der Waals surface area contributed by atoms with Gasteiger partial charge in [0.2, 0.25) is 5.82 Å². The maximum Gasteiger partial charge on any atom is 0.433 e. The third kappa shape index (κ3) is 5.90. The molecular weight excluding hydrogens is 574 g/mol. The zero-order valence-corrected chi connectivity index (χ0v) is 22.0. The Hall–Kier alpha value is -5.30. The Bertz CT molecular complexity index is 1880. The first-order valence-corrected chi connectivity index (χ1v) is 13.1. The van der Waals surface area contributed by atoms with Gasteiger partial charge in [-0.1, -0.05) is 24.3 Å². The van der Waals surface area contributed by atoms with Crippen molar-refractivity contribution in [1.82, 2.24) is 19.6 Å². The molecule has 0 aliphatic heterocycles.